The lowest BCUT2D eigenvalue weighted by Crippen LogP contribution is -2.91. The second-order valence-corrected chi connectivity index (χ2v) is 6.98. The molecule has 2 rings (SSSR count). The van der Waals surface area contributed by atoms with Crippen LogP contribution in [-0.4, -0.2) is 17.2 Å². The molecule has 0 bridgehead atoms. The molecule has 2 fully saturated rings. The number of hydrogen-bond acceptors (Lipinski definition) is 1. The Morgan fingerprint density at radius 3 is 2.39 bits per heavy atom. The van der Waals surface area contributed by atoms with Crippen LogP contribution in [0.2, 0.25) is 0 Å². The zero-order valence-electron chi connectivity index (χ0n) is 12.4. The number of ether oxygens (including phenoxy) is 1. The second-order valence-electron chi connectivity index (χ2n) is 6.98. The summed E-state index contributed by atoms with van der Waals surface area (Å²) in [5, 5.41) is 2.15. The Balaban J connectivity index is 1.88. The Morgan fingerprint density at radius 1 is 1.28 bits per heavy atom. The van der Waals surface area contributed by atoms with Gasteiger partial charge in [-0.05, 0) is 38.5 Å². The van der Waals surface area contributed by atoms with Gasteiger partial charge < -0.3 is 10.1 Å². The van der Waals surface area contributed by atoms with E-state index in [0.717, 1.165) is 5.92 Å². The molecule has 0 radical (unpaired) electrons. The van der Waals surface area contributed by atoms with E-state index in [-0.39, 0.29) is 5.60 Å². The van der Waals surface area contributed by atoms with Crippen molar-refractivity contribution in [1.29, 1.82) is 0 Å². The number of nitrogens with two attached hydrogens (primary N) is 1. The van der Waals surface area contributed by atoms with Gasteiger partial charge in [0.2, 0.25) is 0 Å². The molecule has 0 aromatic carbocycles. The zero-order valence-corrected chi connectivity index (χ0v) is 12.4. The van der Waals surface area contributed by atoms with Crippen molar-refractivity contribution in [3.05, 3.63) is 19.2 Å². The van der Waals surface area contributed by atoms with E-state index >= 15 is 0 Å². The molecule has 1 heterocycles. The van der Waals surface area contributed by atoms with Gasteiger partial charge in [0.15, 0.2) is 0 Å². The van der Waals surface area contributed by atoms with Crippen molar-refractivity contribution in [1.82, 2.24) is 0 Å². The molecule has 104 valence electrons. The predicted octanol–water partition coefficient (Wildman–Crippen LogP) is 2.66. The molecule has 1 saturated heterocycles. The highest BCUT2D eigenvalue weighted by atomic mass is 16.6. The van der Waals surface area contributed by atoms with Gasteiger partial charge in [0.05, 0.1) is 11.1 Å². The Hall–Kier alpha value is -0.340. The van der Waals surface area contributed by atoms with Crippen LogP contribution in [0.1, 0.15) is 53.4 Å². The average Bonchev–Trinajstić information content (AvgIpc) is 3.00. The van der Waals surface area contributed by atoms with Crippen molar-refractivity contribution >= 4 is 0 Å². The summed E-state index contributed by atoms with van der Waals surface area (Å²) < 4.78 is 5.98. The zero-order chi connectivity index (χ0) is 13.4. The number of quaternary nitrogens is 1. The minimum atomic E-state index is 0.119. The van der Waals surface area contributed by atoms with Gasteiger partial charge in [-0.15, -0.1) is 0 Å². The number of rotatable bonds is 4. The fourth-order valence-electron chi connectivity index (χ4n) is 3.18. The summed E-state index contributed by atoms with van der Waals surface area (Å²) in [6.07, 6.45) is 9.99. The van der Waals surface area contributed by atoms with E-state index in [1.165, 1.54) is 25.7 Å². The Morgan fingerprint density at radius 2 is 1.89 bits per heavy atom. The van der Waals surface area contributed by atoms with Crippen LogP contribution in [-0.2, 0) is 4.74 Å². The van der Waals surface area contributed by atoms with Crippen molar-refractivity contribution in [2.24, 2.45) is 11.8 Å². The summed E-state index contributed by atoms with van der Waals surface area (Å²) >= 11 is 0. The number of epoxide rings is 1. The lowest BCUT2D eigenvalue weighted by molar-refractivity contribution is -0.676. The van der Waals surface area contributed by atoms with Gasteiger partial charge in [0.25, 0.3) is 0 Å². The van der Waals surface area contributed by atoms with Crippen LogP contribution >= 0.6 is 0 Å². The molecule has 18 heavy (non-hydrogen) atoms. The quantitative estimate of drug-likeness (QED) is 0.464. The van der Waals surface area contributed by atoms with E-state index in [0.29, 0.717) is 17.6 Å². The maximum atomic E-state index is 5.98. The van der Waals surface area contributed by atoms with Crippen molar-refractivity contribution in [2.75, 3.05) is 0 Å². The normalized spacial score (nSPS) is 44.8. The first-order valence-electron chi connectivity index (χ1n) is 7.39. The molecule has 2 atom stereocenters. The van der Waals surface area contributed by atoms with Crippen molar-refractivity contribution in [2.45, 2.75) is 70.6 Å². The van der Waals surface area contributed by atoms with Crippen LogP contribution in [0.5, 0.6) is 0 Å². The van der Waals surface area contributed by atoms with Crippen LogP contribution < -0.4 is 5.32 Å². The van der Waals surface area contributed by atoms with Crippen LogP contribution in [0.25, 0.3) is 0 Å². The fraction of sp³-hybridized carbons (Fsp3) is 0.812. The lowest BCUT2D eigenvalue weighted by atomic mass is 9.72. The molecule has 1 aliphatic heterocycles. The van der Waals surface area contributed by atoms with E-state index in [1.807, 2.05) is 0 Å². The van der Waals surface area contributed by atoms with E-state index in [1.54, 1.807) is 0 Å². The van der Waals surface area contributed by atoms with Gasteiger partial charge in [-0.3, -0.25) is 0 Å². The van der Waals surface area contributed by atoms with E-state index in [9.17, 15) is 0 Å². The third-order valence-corrected chi connectivity index (χ3v) is 4.99. The third kappa shape index (κ3) is 2.80. The lowest BCUT2D eigenvalue weighted by Gasteiger charge is -2.38. The van der Waals surface area contributed by atoms with Gasteiger partial charge in [0.1, 0.15) is 6.10 Å². The Bertz CT molecular complexity index is 315. The van der Waals surface area contributed by atoms with E-state index < -0.39 is 0 Å². The van der Waals surface area contributed by atoms with Gasteiger partial charge in [0, 0.05) is 12.8 Å². The summed E-state index contributed by atoms with van der Waals surface area (Å²) in [6.45, 7) is 9.06. The SMILES string of the molecule is [CH2-][NH2+]C1(C)CCC(C2(C)OC2C=CC(C)C)CC1. The van der Waals surface area contributed by atoms with E-state index in [2.05, 4.69) is 52.2 Å². The summed E-state index contributed by atoms with van der Waals surface area (Å²) in [4.78, 5) is 0. The molecule has 0 spiro atoms. The van der Waals surface area contributed by atoms with Crippen LogP contribution in [0.4, 0.5) is 0 Å². The molecule has 0 aromatic rings. The monoisotopic (exact) mass is 251 g/mol. The molecule has 2 nitrogen and oxygen atoms in total. The van der Waals surface area contributed by atoms with E-state index in [4.69, 9.17) is 4.74 Å². The molecule has 2 aliphatic rings. The van der Waals surface area contributed by atoms with Crippen LogP contribution in [0.15, 0.2) is 12.2 Å². The topological polar surface area (TPSA) is 29.1 Å². The van der Waals surface area contributed by atoms with Crippen molar-refractivity contribution in [3.63, 3.8) is 0 Å². The Labute approximate surface area is 112 Å². The standard InChI is InChI=1S/C16H29NO/c1-12(2)6-7-14-16(4,18-14)13-8-10-15(3,17-5)11-9-13/h6-7,12-14H,5,8-11,17H2,1-4H3. The predicted molar refractivity (Wildman–Crippen MR) is 74.9 cm³/mol. The van der Waals surface area contributed by atoms with Crippen molar-refractivity contribution < 1.29 is 10.1 Å². The molecular formula is C16H29NO. The minimum absolute atomic E-state index is 0.119. The smallest absolute Gasteiger partial charge is 0.105 e. The summed E-state index contributed by atoms with van der Waals surface area (Å²) in [6, 6.07) is 0. The van der Waals surface area contributed by atoms with Crippen LogP contribution in [0.3, 0.4) is 0 Å². The molecule has 0 amide bonds. The van der Waals surface area contributed by atoms with Gasteiger partial charge in [-0.1, -0.05) is 26.0 Å². The molecular weight excluding hydrogens is 222 g/mol. The Kier molecular flexibility index (Phi) is 3.89. The first-order valence-corrected chi connectivity index (χ1v) is 7.39. The van der Waals surface area contributed by atoms with Gasteiger partial charge in [-0.2, -0.15) is 7.05 Å². The van der Waals surface area contributed by atoms with Gasteiger partial charge >= 0.3 is 0 Å². The molecule has 2 N–H and O–H groups in total. The molecule has 0 aromatic heterocycles. The van der Waals surface area contributed by atoms with Crippen molar-refractivity contribution in [3.8, 4) is 0 Å². The highest BCUT2D eigenvalue weighted by Crippen LogP contribution is 2.50. The third-order valence-electron chi connectivity index (χ3n) is 4.99. The minimum Gasteiger partial charge on any atom is -0.474 e. The molecule has 2 unspecified atom stereocenters. The highest BCUT2D eigenvalue weighted by Gasteiger charge is 2.57. The fourth-order valence-corrected chi connectivity index (χ4v) is 3.18. The second kappa shape index (κ2) is 4.97. The summed E-state index contributed by atoms with van der Waals surface area (Å²) in [5.74, 6) is 1.35. The summed E-state index contributed by atoms with van der Waals surface area (Å²) in [7, 11) is 3.98. The van der Waals surface area contributed by atoms with Crippen LogP contribution in [0, 0.1) is 18.9 Å². The molecule has 1 saturated carbocycles. The number of hydrogen-bond donors (Lipinski definition) is 1. The number of allylic oxidation sites excluding steroid dienone is 1. The van der Waals surface area contributed by atoms with Gasteiger partial charge in [-0.25, -0.2) is 0 Å². The molecule has 1 aliphatic carbocycles. The maximum Gasteiger partial charge on any atom is 0.105 e. The average molecular weight is 251 g/mol. The molecule has 2 heteroatoms. The first kappa shape index (κ1) is 14.1. The maximum absolute atomic E-state index is 5.98. The highest BCUT2D eigenvalue weighted by molar-refractivity contribution is 5.14. The first-order chi connectivity index (χ1) is 8.39. The summed E-state index contributed by atoms with van der Waals surface area (Å²) in [5.41, 5.74) is 0.485. The largest absolute Gasteiger partial charge is 0.474 e.